The van der Waals surface area contributed by atoms with E-state index in [0.717, 1.165) is 64.2 Å². The molecule has 176 valence electrons. The second-order valence-corrected chi connectivity index (χ2v) is 9.92. The van der Waals surface area contributed by atoms with Crippen molar-refractivity contribution in [1.29, 1.82) is 0 Å². The highest BCUT2D eigenvalue weighted by Gasteiger charge is 2.26. The van der Waals surface area contributed by atoms with Gasteiger partial charge in [0.15, 0.2) is 0 Å². The molecule has 0 spiro atoms. The van der Waals surface area contributed by atoms with E-state index >= 15 is 0 Å². The Labute approximate surface area is 213 Å². The number of primary amides is 1. The first kappa shape index (κ1) is 23.3. The molecule has 1 aliphatic rings. The predicted molar refractivity (Wildman–Crippen MR) is 144 cm³/mol. The fourth-order valence-electron chi connectivity index (χ4n) is 4.26. The third-order valence-electron chi connectivity index (χ3n) is 6.18. The van der Waals surface area contributed by atoms with Crippen molar-refractivity contribution >= 4 is 39.7 Å². The monoisotopic (exact) mass is 500 g/mol. The molecule has 0 unspecified atom stereocenters. The number of benzene rings is 3. The molecule has 3 aromatic carbocycles. The number of thiazole rings is 1. The van der Waals surface area contributed by atoms with Gasteiger partial charge < -0.3 is 10.6 Å². The molecule has 0 bridgehead atoms. The van der Waals surface area contributed by atoms with Gasteiger partial charge in [-0.3, -0.25) is 4.79 Å². The number of piperidine rings is 1. The fourth-order valence-corrected chi connectivity index (χ4v) is 5.36. The average molecular weight is 501 g/mol. The van der Waals surface area contributed by atoms with Crippen LogP contribution in [0.4, 0.5) is 5.00 Å². The van der Waals surface area contributed by atoms with E-state index in [4.69, 9.17) is 27.3 Å². The Bertz CT molecular complexity index is 1330. The zero-order valence-electron chi connectivity index (χ0n) is 19.1. The first-order valence-corrected chi connectivity index (χ1v) is 12.8. The Morgan fingerprint density at radius 2 is 1.54 bits per heavy atom. The van der Waals surface area contributed by atoms with Crippen LogP contribution in [-0.2, 0) is 4.79 Å². The first-order chi connectivity index (χ1) is 17.1. The fraction of sp³-hybridized carbons (Fsp3) is 0.179. The van der Waals surface area contributed by atoms with Crippen LogP contribution in [0.3, 0.4) is 0 Å². The molecule has 1 aliphatic heterocycles. The van der Waals surface area contributed by atoms with Crippen LogP contribution in [0.15, 0.2) is 89.9 Å². The van der Waals surface area contributed by atoms with E-state index in [2.05, 4.69) is 29.2 Å². The Kier molecular flexibility index (Phi) is 6.93. The Balaban J connectivity index is 1.60. The van der Waals surface area contributed by atoms with Crippen molar-refractivity contribution < 1.29 is 4.79 Å². The minimum absolute atomic E-state index is 0.0805. The van der Waals surface area contributed by atoms with Gasteiger partial charge >= 0.3 is 0 Å². The van der Waals surface area contributed by atoms with Gasteiger partial charge in [-0.25, -0.2) is 9.98 Å². The maximum absolute atomic E-state index is 11.7. The standard InChI is InChI=1S/C28H25ClN4OS/c29-23-13-11-22(12-14-23)27-31-24(19-7-3-1-4-8-19)28(35-27)32-26(21-9-5-2-6-10-21)33-17-15-20(16-18-33)25(30)34/h1-14,20H,15-18H2,(H2,30,34)/b32-26-. The molecule has 5 rings (SSSR count). The lowest BCUT2D eigenvalue weighted by Gasteiger charge is -2.33. The molecule has 1 amide bonds. The van der Waals surface area contributed by atoms with E-state index in [-0.39, 0.29) is 11.8 Å². The van der Waals surface area contributed by atoms with Crippen molar-refractivity contribution in [2.75, 3.05) is 13.1 Å². The highest BCUT2D eigenvalue weighted by Crippen LogP contribution is 2.40. The summed E-state index contributed by atoms with van der Waals surface area (Å²) in [6.45, 7) is 1.45. The van der Waals surface area contributed by atoms with Gasteiger partial charge in [0.1, 0.15) is 21.5 Å². The number of carbonyl (C=O) groups excluding carboxylic acids is 1. The van der Waals surface area contributed by atoms with E-state index in [9.17, 15) is 4.79 Å². The van der Waals surface area contributed by atoms with Crippen LogP contribution in [0.25, 0.3) is 21.8 Å². The van der Waals surface area contributed by atoms with Crippen molar-refractivity contribution in [3.05, 3.63) is 95.5 Å². The average Bonchev–Trinajstić information content (AvgIpc) is 3.33. The SMILES string of the molecule is NC(=O)C1CCN(/C(=N\c2sc(-c3ccc(Cl)cc3)nc2-c2ccccc2)c2ccccc2)CC1. The van der Waals surface area contributed by atoms with Gasteiger partial charge in [0.25, 0.3) is 0 Å². The van der Waals surface area contributed by atoms with Gasteiger partial charge in [-0.2, -0.15) is 0 Å². The number of likely N-dealkylation sites (tertiary alicyclic amines) is 1. The van der Waals surface area contributed by atoms with Crippen LogP contribution in [0, 0.1) is 5.92 Å². The van der Waals surface area contributed by atoms with Gasteiger partial charge in [-0.15, -0.1) is 0 Å². The molecule has 0 saturated carbocycles. The number of halogens is 1. The molecule has 1 fully saturated rings. The molecule has 1 aromatic heterocycles. The van der Waals surface area contributed by atoms with Crippen LogP contribution in [0.2, 0.25) is 5.02 Å². The molecule has 35 heavy (non-hydrogen) atoms. The molecular weight excluding hydrogens is 476 g/mol. The number of nitrogens with two attached hydrogens (primary N) is 1. The summed E-state index contributed by atoms with van der Waals surface area (Å²) in [5.74, 6) is 0.587. The quantitative estimate of drug-likeness (QED) is 0.254. The zero-order valence-corrected chi connectivity index (χ0v) is 20.7. The number of nitrogens with zero attached hydrogens (tertiary/aromatic N) is 3. The third kappa shape index (κ3) is 5.29. The van der Waals surface area contributed by atoms with Crippen LogP contribution in [0.5, 0.6) is 0 Å². The van der Waals surface area contributed by atoms with Crippen LogP contribution < -0.4 is 5.73 Å². The van der Waals surface area contributed by atoms with Gasteiger partial charge in [-0.05, 0) is 25.0 Å². The number of hydrogen-bond donors (Lipinski definition) is 1. The van der Waals surface area contributed by atoms with E-state index in [1.165, 1.54) is 0 Å². The molecule has 1 saturated heterocycles. The summed E-state index contributed by atoms with van der Waals surface area (Å²) in [5.41, 5.74) is 9.47. The molecule has 0 atom stereocenters. The van der Waals surface area contributed by atoms with Crippen molar-refractivity contribution in [2.45, 2.75) is 12.8 Å². The van der Waals surface area contributed by atoms with E-state index in [1.807, 2.05) is 60.7 Å². The van der Waals surface area contributed by atoms with Crippen molar-refractivity contribution in [3.8, 4) is 21.8 Å². The molecule has 5 nitrogen and oxygen atoms in total. The zero-order chi connectivity index (χ0) is 24.2. The number of aliphatic imine (C=N–C) groups is 1. The summed E-state index contributed by atoms with van der Waals surface area (Å²) < 4.78 is 0. The first-order valence-electron chi connectivity index (χ1n) is 11.6. The second-order valence-electron chi connectivity index (χ2n) is 8.51. The van der Waals surface area contributed by atoms with E-state index < -0.39 is 0 Å². The van der Waals surface area contributed by atoms with Crippen LogP contribution in [-0.4, -0.2) is 34.7 Å². The number of rotatable bonds is 5. The van der Waals surface area contributed by atoms with Gasteiger partial charge in [0, 0.05) is 40.7 Å². The van der Waals surface area contributed by atoms with Crippen LogP contribution >= 0.6 is 22.9 Å². The molecule has 2 N–H and O–H groups in total. The number of amidine groups is 1. The van der Waals surface area contributed by atoms with Crippen LogP contribution in [0.1, 0.15) is 18.4 Å². The Morgan fingerprint density at radius 1 is 0.914 bits per heavy atom. The summed E-state index contributed by atoms with van der Waals surface area (Å²) in [4.78, 5) is 24.2. The highest BCUT2D eigenvalue weighted by atomic mass is 35.5. The minimum atomic E-state index is -0.218. The lowest BCUT2D eigenvalue weighted by atomic mass is 9.95. The lowest BCUT2D eigenvalue weighted by molar-refractivity contribution is -0.122. The lowest BCUT2D eigenvalue weighted by Crippen LogP contribution is -2.42. The van der Waals surface area contributed by atoms with Gasteiger partial charge in [-0.1, -0.05) is 95.7 Å². The molecule has 0 aliphatic carbocycles. The van der Waals surface area contributed by atoms with Crippen molar-refractivity contribution in [2.24, 2.45) is 16.6 Å². The van der Waals surface area contributed by atoms with Crippen molar-refractivity contribution in [1.82, 2.24) is 9.88 Å². The predicted octanol–water partition coefficient (Wildman–Crippen LogP) is 6.41. The second kappa shape index (κ2) is 10.4. The molecule has 0 radical (unpaired) electrons. The number of carbonyl (C=O) groups is 1. The van der Waals surface area contributed by atoms with Gasteiger partial charge in [0.05, 0.1) is 0 Å². The largest absolute Gasteiger partial charge is 0.369 e. The highest BCUT2D eigenvalue weighted by molar-refractivity contribution is 7.19. The molecular formula is C28H25ClN4OS. The topological polar surface area (TPSA) is 71.6 Å². The molecule has 4 aromatic rings. The summed E-state index contributed by atoms with van der Waals surface area (Å²) >= 11 is 7.67. The summed E-state index contributed by atoms with van der Waals surface area (Å²) in [5, 5.41) is 2.42. The Morgan fingerprint density at radius 3 is 2.17 bits per heavy atom. The van der Waals surface area contributed by atoms with Crippen molar-refractivity contribution in [3.63, 3.8) is 0 Å². The number of amides is 1. The third-order valence-corrected chi connectivity index (χ3v) is 7.43. The number of hydrogen-bond acceptors (Lipinski definition) is 4. The van der Waals surface area contributed by atoms with E-state index in [1.54, 1.807) is 11.3 Å². The maximum atomic E-state index is 11.7. The summed E-state index contributed by atoms with van der Waals surface area (Å²) in [6.07, 6.45) is 1.46. The molecule has 7 heteroatoms. The molecule has 2 heterocycles. The van der Waals surface area contributed by atoms with E-state index in [0.29, 0.717) is 5.02 Å². The number of aromatic nitrogens is 1. The minimum Gasteiger partial charge on any atom is -0.369 e. The normalized spacial score (nSPS) is 14.8. The summed E-state index contributed by atoms with van der Waals surface area (Å²) in [6, 6.07) is 28.0. The Hall–Kier alpha value is -3.48. The van der Waals surface area contributed by atoms with Gasteiger partial charge in [0.2, 0.25) is 5.91 Å². The smallest absolute Gasteiger partial charge is 0.220 e. The summed E-state index contributed by atoms with van der Waals surface area (Å²) in [7, 11) is 0. The maximum Gasteiger partial charge on any atom is 0.220 e.